The molecule has 0 saturated carbocycles. The standard InChI is InChI=1S/C20H26ClN3/c1-2-24-13-3-4-20(24)16-23(15-18-9-11-22-12-10-18)14-17-5-7-19(21)8-6-17/h5-12,20H,2-4,13-16H2,1H3. The van der Waals surface area contributed by atoms with Crippen LogP contribution in [-0.4, -0.2) is 40.5 Å². The first-order chi connectivity index (χ1) is 11.7. The number of benzene rings is 1. The molecule has 1 saturated heterocycles. The maximum absolute atomic E-state index is 6.03. The van der Waals surface area contributed by atoms with Gasteiger partial charge in [-0.15, -0.1) is 0 Å². The summed E-state index contributed by atoms with van der Waals surface area (Å²) in [6.07, 6.45) is 6.39. The van der Waals surface area contributed by atoms with Crippen LogP contribution in [0.25, 0.3) is 0 Å². The van der Waals surface area contributed by atoms with Gasteiger partial charge < -0.3 is 0 Å². The molecule has 2 heterocycles. The van der Waals surface area contributed by atoms with Crippen LogP contribution in [0.15, 0.2) is 48.8 Å². The van der Waals surface area contributed by atoms with Gasteiger partial charge in [0.05, 0.1) is 0 Å². The first kappa shape index (κ1) is 17.4. The van der Waals surface area contributed by atoms with E-state index in [9.17, 15) is 0 Å². The zero-order chi connectivity index (χ0) is 16.8. The monoisotopic (exact) mass is 343 g/mol. The number of pyridine rings is 1. The highest BCUT2D eigenvalue weighted by atomic mass is 35.5. The minimum absolute atomic E-state index is 0.670. The van der Waals surface area contributed by atoms with Gasteiger partial charge in [0, 0.05) is 43.1 Å². The van der Waals surface area contributed by atoms with Crippen molar-refractivity contribution in [3.63, 3.8) is 0 Å². The lowest BCUT2D eigenvalue weighted by molar-refractivity contribution is 0.166. The van der Waals surface area contributed by atoms with E-state index in [0.717, 1.165) is 31.2 Å². The quantitative estimate of drug-likeness (QED) is 0.750. The number of halogens is 1. The molecule has 1 atom stereocenters. The van der Waals surface area contributed by atoms with Gasteiger partial charge in [0.2, 0.25) is 0 Å². The first-order valence-corrected chi connectivity index (χ1v) is 9.22. The Hall–Kier alpha value is -1.42. The normalized spacial score (nSPS) is 18.4. The molecular formula is C20H26ClN3. The van der Waals surface area contributed by atoms with E-state index in [-0.39, 0.29) is 0 Å². The average molecular weight is 344 g/mol. The molecule has 1 aliphatic rings. The Labute approximate surface area is 150 Å². The number of likely N-dealkylation sites (N-methyl/N-ethyl adjacent to an activating group) is 1. The number of hydrogen-bond donors (Lipinski definition) is 0. The number of hydrogen-bond acceptors (Lipinski definition) is 3. The molecule has 0 amide bonds. The van der Waals surface area contributed by atoms with E-state index in [1.54, 1.807) is 0 Å². The average Bonchev–Trinajstić information content (AvgIpc) is 3.05. The Kier molecular flexibility index (Phi) is 6.24. The van der Waals surface area contributed by atoms with Crippen molar-refractivity contribution in [3.05, 3.63) is 64.9 Å². The first-order valence-electron chi connectivity index (χ1n) is 8.84. The molecule has 4 heteroatoms. The van der Waals surface area contributed by atoms with Gasteiger partial charge in [-0.3, -0.25) is 14.8 Å². The summed E-state index contributed by atoms with van der Waals surface area (Å²) in [6.45, 7) is 7.68. The van der Waals surface area contributed by atoms with Crippen LogP contribution >= 0.6 is 11.6 Å². The summed E-state index contributed by atoms with van der Waals surface area (Å²) >= 11 is 6.03. The van der Waals surface area contributed by atoms with Crippen LogP contribution in [0.1, 0.15) is 30.9 Å². The maximum atomic E-state index is 6.03. The van der Waals surface area contributed by atoms with Gasteiger partial charge in [-0.2, -0.15) is 0 Å². The molecule has 1 aliphatic heterocycles. The maximum Gasteiger partial charge on any atom is 0.0406 e. The lowest BCUT2D eigenvalue weighted by Gasteiger charge is -2.30. The van der Waals surface area contributed by atoms with Crippen molar-refractivity contribution in [2.75, 3.05) is 19.6 Å². The molecule has 1 unspecified atom stereocenters. The summed E-state index contributed by atoms with van der Waals surface area (Å²) in [7, 11) is 0. The number of aromatic nitrogens is 1. The van der Waals surface area contributed by atoms with E-state index in [2.05, 4.69) is 46.0 Å². The summed E-state index contributed by atoms with van der Waals surface area (Å²) in [5.41, 5.74) is 2.63. The lowest BCUT2D eigenvalue weighted by atomic mass is 10.1. The van der Waals surface area contributed by atoms with Crippen LogP contribution < -0.4 is 0 Å². The highest BCUT2D eigenvalue weighted by Crippen LogP contribution is 2.20. The van der Waals surface area contributed by atoms with Gasteiger partial charge in [0.1, 0.15) is 0 Å². The summed E-state index contributed by atoms with van der Waals surface area (Å²) < 4.78 is 0. The molecule has 24 heavy (non-hydrogen) atoms. The van der Waals surface area contributed by atoms with Crippen molar-refractivity contribution in [3.8, 4) is 0 Å². The van der Waals surface area contributed by atoms with Gasteiger partial charge in [-0.05, 0) is 61.3 Å². The smallest absolute Gasteiger partial charge is 0.0406 e. The van der Waals surface area contributed by atoms with Crippen molar-refractivity contribution < 1.29 is 0 Å². The second kappa shape index (κ2) is 8.61. The van der Waals surface area contributed by atoms with Crippen LogP contribution in [-0.2, 0) is 13.1 Å². The van der Waals surface area contributed by atoms with Gasteiger partial charge in [0.15, 0.2) is 0 Å². The highest BCUT2D eigenvalue weighted by Gasteiger charge is 2.25. The molecule has 0 N–H and O–H groups in total. The van der Waals surface area contributed by atoms with Gasteiger partial charge in [-0.25, -0.2) is 0 Å². The van der Waals surface area contributed by atoms with Crippen molar-refractivity contribution >= 4 is 11.6 Å². The van der Waals surface area contributed by atoms with Crippen LogP contribution in [0.3, 0.4) is 0 Å². The molecule has 0 aliphatic carbocycles. The Morgan fingerprint density at radius 3 is 2.42 bits per heavy atom. The SMILES string of the molecule is CCN1CCCC1CN(Cc1ccncc1)Cc1ccc(Cl)cc1. The largest absolute Gasteiger partial charge is 0.299 e. The van der Waals surface area contributed by atoms with Crippen LogP contribution in [0.5, 0.6) is 0 Å². The topological polar surface area (TPSA) is 19.4 Å². The summed E-state index contributed by atoms with van der Waals surface area (Å²) in [5, 5.41) is 0.799. The van der Waals surface area contributed by atoms with Crippen molar-refractivity contribution in [2.24, 2.45) is 0 Å². The second-order valence-corrected chi connectivity index (χ2v) is 7.01. The predicted octanol–water partition coefficient (Wildman–Crippen LogP) is 4.22. The lowest BCUT2D eigenvalue weighted by Crippen LogP contribution is -2.39. The van der Waals surface area contributed by atoms with E-state index in [4.69, 9.17) is 11.6 Å². The fourth-order valence-electron chi connectivity index (χ4n) is 3.60. The van der Waals surface area contributed by atoms with Gasteiger partial charge in [0.25, 0.3) is 0 Å². The van der Waals surface area contributed by atoms with Crippen molar-refractivity contribution in [1.29, 1.82) is 0 Å². The fourth-order valence-corrected chi connectivity index (χ4v) is 3.72. The van der Waals surface area contributed by atoms with Crippen molar-refractivity contribution in [2.45, 2.75) is 38.9 Å². The van der Waals surface area contributed by atoms with E-state index >= 15 is 0 Å². The van der Waals surface area contributed by atoms with Crippen LogP contribution in [0, 0.1) is 0 Å². The third kappa shape index (κ3) is 4.79. The van der Waals surface area contributed by atoms with E-state index in [1.807, 2.05) is 24.5 Å². The van der Waals surface area contributed by atoms with Crippen LogP contribution in [0.4, 0.5) is 0 Å². The number of likely N-dealkylation sites (tertiary alicyclic amines) is 1. The van der Waals surface area contributed by atoms with Gasteiger partial charge in [-0.1, -0.05) is 30.7 Å². The molecule has 0 spiro atoms. The Morgan fingerprint density at radius 1 is 1.08 bits per heavy atom. The Balaban J connectivity index is 1.71. The molecule has 1 aromatic carbocycles. The molecule has 1 aromatic heterocycles. The van der Waals surface area contributed by atoms with Crippen LogP contribution in [0.2, 0.25) is 5.02 Å². The fraction of sp³-hybridized carbons (Fsp3) is 0.450. The third-order valence-electron chi connectivity index (χ3n) is 4.85. The molecule has 3 nitrogen and oxygen atoms in total. The molecule has 1 fully saturated rings. The molecule has 2 aromatic rings. The van der Waals surface area contributed by atoms with E-state index in [0.29, 0.717) is 6.04 Å². The zero-order valence-corrected chi connectivity index (χ0v) is 15.1. The molecular weight excluding hydrogens is 318 g/mol. The number of nitrogens with zero attached hydrogens (tertiary/aromatic N) is 3. The predicted molar refractivity (Wildman–Crippen MR) is 100 cm³/mol. The molecule has 3 rings (SSSR count). The van der Waals surface area contributed by atoms with E-state index in [1.165, 1.54) is 30.5 Å². The minimum Gasteiger partial charge on any atom is -0.299 e. The molecule has 0 bridgehead atoms. The van der Waals surface area contributed by atoms with Gasteiger partial charge >= 0.3 is 0 Å². The summed E-state index contributed by atoms with van der Waals surface area (Å²) in [4.78, 5) is 9.30. The minimum atomic E-state index is 0.670. The third-order valence-corrected chi connectivity index (χ3v) is 5.10. The zero-order valence-electron chi connectivity index (χ0n) is 14.4. The highest BCUT2D eigenvalue weighted by molar-refractivity contribution is 6.30. The Bertz CT molecular complexity index is 615. The van der Waals surface area contributed by atoms with Crippen molar-refractivity contribution in [1.82, 2.24) is 14.8 Å². The second-order valence-electron chi connectivity index (χ2n) is 6.58. The Morgan fingerprint density at radius 2 is 1.75 bits per heavy atom. The van der Waals surface area contributed by atoms with E-state index < -0.39 is 0 Å². The summed E-state index contributed by atoms with van der Waals surface area (Å²) in [5.74, 6) is 0. The molecule has 0 radical (unpaired) electrons. The summed E-state index contributed by atoms with van der Waals surface area (Å²) in [6, 6.07) is 13.1. The molecule has 128 valence electrons. The number of rotatable bonds is 7.